The zero-order chi connectivity index (χ0) is 20.8. The maximum absolute atomic E-state index is 12.9. The lowest BCUT2D eigenvalue weighted by atomic mass is 10.2. The fourth-order valence-corrected chi connectivity index (χ4v) is 2.98. The van der Waals surface area contributed by atoms with E-state index in [2.05, 4.69) is 5.32 Å². The van der Waals surface area contributed by atoms with Crippen molar-refractivity contribution in [3.63, 3.8) is 0 Å². The lowest BCUT2D eigenvalue weighted by Crippen LogP contribution is -2.32. The number of amides is 1. The minimum absolute atomic E-state index is 0.291. The summed E-state index contributed by atoms with van der Waals surface area (Å²) in [6.07, 6.45) is -0.192. The number of carbonyl (C=O) groups excluding carboxylic acids is 1. The molecule has 0 aromatic heterocycles. The van der Waals surface area contributed by atoms with Crippen LogP contribution in [0.2, 0.25) is 10.0 Å². The number of carbonyl (C=O) groups is 1. The van der Waals surface area contributed by atoms with Crippen molar-refractivity contribution in [1.82, 2.24) is 0 Å². The summed E-state index contributed by atoms with van der Waals surface area (Å²) in [7, 11) is 0. The molecule has 150 valence electrons. The van der Waals surface area contributed by atoms with Crippen LogP contribution >= 0.6 is 23.2 Å². The molecule has 3 aromatic rings. The van der Waals surface area contributed by atoms with Crippen molar-refractivity contribution in [3.05, 3.63) is 82.3 Å². The van der Waals surface area contributed by atoms with Crippen LogP contribution in [0.1, 0.15) is 18.9 Å². The van der Waals surface area contributed by atoms with E-state index in [4.69, 9.17) is 32.7 Å². The molecular formula is C23H21Cl2NO3. The predicted octanol–water partition coefficient (Wildman–Crippen LogP) is 6.89. The van der Waals surface area contributed by atoms with Crippen molar-refractivity contribution in [3.8, 4) is 17.2 Å². The fraction of sp³-hybridized carbons (Fsp3) is 0.174. The third-order valence-corrected chi connectivity index (χ3v) is 4.90. The highest BCUT2D eigenvalue weighted by Crippen LogP contribution is 2.32. The first-order valence-electron chi connectivity index (χ1n) is 9.22. The summed E-state index contributed by atoms with van der Waals surface area (Å²) in [5, 5.41) is 4.01. The van der Waals surface area contributed by atoms with Crippen LogP contribution in [0.4, 0.5) is 5.69 Å². The summed E-state index contributed by atoms with van der Waals surface area (Å²) >= 11 is 12.2. The molecule has 0 spiro atoms. The highest BCUT2D eigenvalue weighted by molar-refractivity contribution is 6.31. The molecule has 0 aliphatic heterocycles. The first-order chi connectivity index (χ1) is 14.0. The molecule has 3 rings (SSSR count). The molecule has 0 aliphatic rings. The van der Waals surface area contributed by atoms with E-state index in [1.165, 1.54) is 0 Å². The number of nitrogens with one attached hydrogen (secondary N) is 1. The molecule has 6 heteroatoms. The van der Waals surface area contributed by atoms with Crippen LogP contribution in [0, 0.1) is 6.92 Å². The van der Waals surface area contributed by atoms with E-state index in [0.717, 1.165) is 5.56 Å². The molecule has 0 bridgehead atoms. The van der Waals surface area contributed by atoms with E-state index in [1.807, 2.05) is 50.2 Å². The molecule has 3 aromatic carbocycles. The van der Waals surface area contributed by atoms with Gasteiger partial charge in [-0.05, 0) is 67.4 Å². The maximum atomic E-state index is 12.9. The second-order valence-corrected chi connectivity index (χ2v) is 7.31. The Labute approximate surface area is 180 Å². The summed E-state index contributed by atoms with van der Waals surface area (Å²) in [6, 6.07) is 19.7. The highest BCUT2D eigenvalue weighted by atomic mass is 35.5. The first kappa shape index (κ1) is 21.0. The monoisotopic (exact) mass is 429 g/mol. The van der Waals surface area contributed by atoms with Gasteiger partial charge in [0.2, 0.25) is 0 Å². The number of anilines is 1. The minimum atomic E-state index is -0.681. The number of rotatable bonds is 7. The third-order valence-electron chi connectivity index (χ3n) is 4.24. The Morgan fingerprint density at radius 3 is 2.45 bits per heavy atom. The summed E-state index contributed by atoms with van der Waals surface area (Å²) in [5.41, 5.74) is 1.36. The Balaban J connectivity index is 1.77. The molecule has 1 amide bonds. The van der Waals surface area contributed by atoms with E-state index in [0.29, 0.717) is 39.4 Å². The van der Waals surface area contributed by atoms with Crippen LogP contribution in [-0.2, 0) is 4.79 Å². The molecule has 29 heavy (non-hydrogen) atoms. The average Bonchev–Trinajstić information content (AvgIpc) is 2.71. The lowest BCUT2D eigenvalue weighted by molar-refractivity contribution is -0.122. The Morgan fingerprint density at radius 2 is 1.76 bits per heavy atom. The number of benzene rings is 3. The van der Waals surface area contributed by atoms with Crippen molar-refractivity contribution in [2.45, 2.75) is 26.4 Å². The van der Waals surface area contributed by atoms with Gasteiger partial charge in [-0.3, -0.25) is 4.79 Å². The zero-order valence-electron chi connectivity index (χ0n) is 16.1. The van der Waals surface area contributed by atoms with E-state index >= 15 is 0 Å². The Morgan fingerprint density at radius 1 is 1.00 bits per heavy atom. The van der Waals surface area contributed by atoms with E-state index < -0.39 is 6.10 Å². The second kappa shape index (κ2) is 9.68. The predicted molar refractivity (Wildman–Crippen MR) is 117 cm³/mol. The number of halogens is 2. The molecule has 0 aliphatic carbocycles. The number of ether oxygens (including phenoxy) is 2. The van der Waals surface area contributed by atoms with Gasteiger partial charge < -0.3 is 14.8 Å². The molecule has 0 unspecified atom stereocenters. The van der Waals surface area contributed by atoms with Gasteiger partial charge in [0.15, 0.2) is 11.9 Å². The number of hydrogen-bond donors (Lipinski definition) is 1. The molecule has 0 heterocycles. The van der Waals surface area contributed by atoms with Gasteiger partial charge in [0.25, 0.3) is 5.91 Å². The molecule has 0 saturated heterocycles. The van der Waals surface area contributed by atoms with Gasteiger partial charge in [-0.2, -0.15) is 0 Å². The smallest absolute Gasteiger partial charge is 0.265 e. The Kier molecular flexibility index (Phi) is 7.02. The topological polar surface area (TPSA) is 47.6 Å². The summed E-state index contributed by atoms with van der Waals surface area (Å²) < 4.78 is 11.8. The van der Waals surface area contributed by atoms with Gasteiger partial charge in [0, 0.05) is 10.0 Å². The van der Waals surface area contributed by atoms with E-state index in [9.17, 15) is 4.79 Å². The minimum Gasteiger partial charge on any atom is -0.481 e. The molecule has 0 radical (unpaired) electrons. The zero-order valence-corrected chi connectivity index (χ0v) is 17.6. The van der Waals surface area contributed by atoms with Crippen molar-refractivity contribution in [2.24, 2.45) is 0 Å². The number of para-hydroxylation sites is 1. The molecule has 4 nitrogen and oxygen atoms in total. The summed E-state index contributed by atoms with van der Waals surface area (Å²) in [5.74, 6) is 1.44. The molecule has 1 N–H and O–H groups in total. The fourth-order valence-electron chi connectivity index (χ4n) is 2.69. The molecule has 1 atom stereocenters. The maximum Gasteiger partial charge on any atom is 0.265 e. The standard InChI is InChI=1S/C23H21Cl2NO3/c1-3-21(29-18-10-11-19(25)15(2)13-18)23(27)26-20-14-16(24)9-12-22(20)28-17-7-5-4-6-8-17/h4-14,21H,3H2,1-2H3,(H,26,27)/t21-/m0/s1. The van der Waals surface area contributed by atoms with Gasteiger partial charge in [0.05, 0.1) is 5.69 Å². The van der Waals surface area contributed by atoms with Gasteiger partial charge in [-0.1, -0.05) is 48.3 Å². The number of aryl methyl sites for hydroxylation is 1. The Bertz CT molecular complexity index is 993. The average molecular weight is 430 g/mol. The van der Waals surface area contributed by atoms with Gasteiger partial charge in [0.1, 0.15) is 11.5 Å². The molecular weight excluding hydrogens is 409 g/mol. The van der Waals surface area contributed by atoms with Crippen LogP contribution in [0.15, 0.2) is 66.7 Å². The normalized spacial score (nSPS) is 11.6. The van der Waals surface area contributed by atoms with Crippen LogP contribution in [0.5, 0.6) is 17.2 Å². The summed E-state index contributed by atoms with van der Waals surface area (Å²) in [4.78, 5) is 12.9. The third kappa shape index (κ3) is 5.66. The SMILES string of the molecule is CC[C@H](Oc1ccc(Cl)c(C)c1)C(=O)Nc1cc(Cl)ccc1Oc1ccccc1. The molecule has 0 fully saturated rings. The Hall–Kier alpha value is -2.69. The van der Waals surface area contributed by atoms with Crippen LogP contribution in [-0.4, -0.2) is 12.0 Å². The van der Waals surface area contributed by atoms with Gasteiger partial charge >= 0.3 is 0 Å². The van der Waals surface area contributed by atoms with E-state index in [1.54, 1.807) is 30.3 Å². The van der Waals surface area contributed by atoms with Crippen molar-refractivity contribution >= 4 is 34.8 Å². The van der Waals surface area contributed by atoms with Gasteiger partial charge in [-0.15, -0.1) is 0 Å². The largest absolute Gasteiger partial charge is 0.481 e. The summed E-state index contributed by atoms with van der Waals surface area (Å²) in [6.45, 7) is 3.77. The first-order valence-corrected chi connectivity index (χ1v) is 9.98. The van der Waals surface area contributed by atoms with E-state index in [-0.39, 0.29) is 5.91 Å². The highest BCUT2D eigenvalue weighted by Gasteiger charge is 2.20. The van der Waals surface area contributed by atoms with Crippen molar-refractivity contribution in [2.75, 3.05) is 5.32 Å². The van der Waals surface area contributed by atoms with Crippen molar-refractivity contribution in [1.29, 1.82) is 0 Å². The van der Waals surface area contributed by atoms with Gasteiger partial charge in [-0.25, -0.2) is 0 Å². The number of hydrogen-bond acceptors (Lipinski definition) is 3. The second-order valence-electron chi connectivity index (χ2n) is 6.47. The lowest BCUT2D eigenvalue weighted by Gasteiger charge is -2.19. The molecule has 0 saturated carbocycles. The van der Waals surface area contributed by atoms with Crippen LogP contribution in [0.3, 0.4) is 0 Å². The van der Waals surface area contributed by atoms with Crippen LogP contribution in [0.25, 0.3) is 0 Å². The van der Waals surface area contributed by atoms with Crippen LogP contribution < -0.4 is 14.8 Å². The van der Waals surface area contributed by atoms with Crippen molar-refractivity contribution < 1.29 is 14.3 Å². The quantitative estimate of drug-likeness (QED) is 0.444.